The van der Waals surface area contributed by atoms with Crippen LogP contribution in [0.3, 0.4) is 0 Å². The number of hydrogen-bond donors (Lipinski definition) is 1. The molecule has 4 nitrogen and oxygen atoms in total. The van der Waals surface area contributed by atoms with Gasteiger partial charge >= 0.3 is 0 Å². The van der Waals surface area contributed by atoms with Crippen LogP contribution in [0.2, 0.25) is 0 Å². The van der Waals surface area contributed by atoms with Crippen LogP contribution in [0, 0.1) is 0 Å². The third kappa shape index (κ3) is 3.62. The summed E-state index contributed by atoms with van der Waals surface area (Å²) in [4.78, 5) is 14.8. The zero-order chi connectivity index (χ0) is 16.9. The maximum atomic E-state index is 13.0. The monoisotopic (exact) mass is 319 g/mol. The van der Waals surface area contributed by atoms with Crippen molar-refractivity contribution in [3.63, 3.8) is 0 Å². The Kier molecular flexibility index (Phi) is 5.91. The maximum absolute atomic E-state index is 13.0. The number of amides is 1. The molecule has 1 aliphatic rings. The molecule has 0 bridgehead atoms. The van der Waals surface area contributed by atoms with Crippen LogP contribution in [0.5, 0.6) is 11.5 Å². The van der Waals surface area contributed by atoms with Gasteiger partial charge in [0.15, 0.2) is 5.60 Å². The Hall–Kier alpha value is -1.71. The van der Waals surface area contributed by atoms with Crippen molar-refractivity contribution in [1.29, 1.82) is 0 Å². The molecule has 128 valence electrons. The SMILES string of the molecule is CCCCCCCN1C(=O)C(CC)(CC)Oc2ccc(O)cc21. The lowest BCUT2D eigenvalue weighted by Gasteiger charge is -2.42. The van der Waals surface area contributed by atoms with E-state index in [0.717, 1.165) is 12.8 Å². The molecule has 0 radical (unpaired) electrons. The number of anilines is 1. The van der Waals surface area contributed by atoms with E-state index in [2.05, 4.69) is 6.92 Å². The molecule has 4 heteroatoms. The van der Waals surface area contributed by atoms with Crippen LogP contribution >= 0.6 is 0 Å². The van der Waals surface area contributed by atoms with Gasteiger partial charge in [-0.25, -0.2) is 0 Å². The first-order valence-electron chi connectivity index (χ1n) is 8.92. The molecule has 1 aromatic carbocycles. The van der Waals surface area contributed by atoms with Crippen LogP contribution in [0.1, 0.15) is 65.7 Å². The van der Waals surface area contributed by atoms with E-state index >= 15 is 0 Å². The summed E-state index contributed by atoms with van der Waals surface area (Å²) in [5.41, 5.74) is -0.0732. The number of carbonyl (C=O) groups excluding carboxylic acids is 1. The van der Waals surface area contributed by atoms with Crippen molar-refractivity contribution in [2.45, 2.75) is 71.3 Å². The van der Waals surface area contributed by atoms with Gasteiger partial charge in [0, 0.05) is 12.6 Å². The highest BCUT2D eigenvalue weighted by molar-refractivity contribution is 6.03. The fraction of sp³-hybridized carbons (Fsp3) is 0.632. The minimum absolute atomic E-state index is 0.0242. The highest BCUT2D eigenvalue weighted by Gasteiger charge is 2.45. The molecule has 23 heavy (non-hydrogen) atoms. The lowest BCUT2D eigenvalue weighted by atomic mass is 9.92. The van der Waals surface area contributed by atoms with Gasteiger partial charge in [0.2, 0.25) is 0 Å². The quantitative estimate of drug-likeness (QED) is 0.710. The zero-order valence-electron chi connectivity index (χ0n) is 14.6. The number of phenols is 1. The van der Waals surface area contributed by atoms with Crippen molar-refractivity contribution in [3.8, 4) is 11.5 Å². The summed E-state index contributed by atoms with van der Waals surface area (Å²) in [7, 11) is 0. The summed E-state index contributed by atoms with van der Waals surface area (Å²) < 4.78 is 6.06. The van der Waals surface area contributed by atoms with Gasteiger partial charge in [-0.2, -0.15) is 0 Å². The van der Waals surface area contributed by atoms with Gasteiger partial charge < -0.3 is 14.7 Å². The Balaban J connectivity index is 2.22. The molecule has 0 aromatic heterocycles. The fourth-order valence-electron chi connectivity index (χ4n) is 3.20. The first-order chi connectivity index (χ1) is 11.1. The van der Waals surface area contributed by atoms with E-state index in [0.29, 0.717) is 30.8 Å². The summed E-state index contributed by atoms with van der Waals surface area (Å²) >= 11 is 0. The maximum Gasteiger partial charge on any atom is 0.271 e. The molecule has 0 fully saturated rings. The van der Waals surface area contributed by atoms with E-state index in [1.807, 2.05) is 18.7 Å². The highest BCUT2D eigenvalue weighted by Crippen LogP contribution is 2.42. The molecule has 2 rings (SSSR count). The Morgan fingerprint density at radius 2 is 1.78 bits per heavy atom. The predicted molar refractivity (Wildman–Crippen MR) is 93.2 cm³/mol. The average Bonchev–Trinajstić information content (AvgIpc) is 2.56. The summed E-state index contributed by atoms with van der Waals surface area (Å²) in [6.07, 6.45) is 7.05. The summed E-state index contributed by atoms with van der Waals surface area (Å²) in [5.74, 6) is 0.882. The molecule has 0 saturated heterocycles. The number of unbranched alkanes of at least 4 members (excludes halogenated alkanes) is 4. The molecular weight excluding hydrogens is 290 g/mol. The van der Waals surface area contributed by atoms with E-state index in [-0.39, 0.29) is 11.7 Å². The topological polar surface area (TPSA) is 49.8 Å². The molecule has 0 saturated carbocycles. The minimum Gasteiger partial charge on any atom is -0.508 e. The Morgan fingerprint density at radius 1 is 1.09 bits per heavy atom. The van der Waals surface area contributed by atoms with Crippen LogP contribution in [0.15, 0.2) is 18.2 Å². The van der Waals surface area contributed by atoms with Gasteiger partial charge in [0.25, 0.3) is 5.91 Å². The van der Waals surface area contributed by atoms with E-state index < -0.39 is 5.60 Å². The smallest absolute Gasteiger partial charge is 0.271 e. The molecule has 1 aliphatic heterocycles. The van der Waals surface area contributed by atoms with Crippen molar-refractivity contribution < 1.29 is 14.6 Å². The summed E-state index contributed by atoms with van der Waals surface area (Å²) in [6.45, 7) is 6.87. The average molecular weight is 319 g/mol. The van der Waals surface area contributed by atoms with Crippen molar-refractivity contribution in [3.05, 3.63) is 18.2 Å². The second-order valence-electron chi connectivity index (χ2n) is 6.33. The number of carbonyl (C=O) groups is 1. The van der Waals surface area contributed by atoms with Gasteiger partial charge in [-0.1, -0.05) is 46.5 Å². The van der Waals surface area contributed by atoms with Crippen LogP contribution in [0.4, 0.5) is 5.69 Å². The molecule has 0 spiro atoms. The van der Waals surface area contributed by atoms with Crippen LogP contribution < -0.4 is 9.64 Å². The second-order valence-corrected chi connectivity index (χ2v) is 6.33. The molecule has 0 aliphatic carbocycles. The van der Waals surface area contributed by atoms with Crippen molar-refractivity contribution in [2.75, 3.05) is 11.4 Å². The van der Waals surface area contributed by atoms with E-state index in [9.17, 15) is 9.90 Å². The highest BCUT2D eigenvalue weighted by atomic mass is 16.5. The molecule has 0 atom stereocenters. The number of phenolic OH excluding ortho intramolecular Hbond substituents is 1. The van der Waals surface area contributed by atoms with Gasteiger partial charge in [-0.15, -0.1) is 0 Å². The first kappa shape index (κ1) is 17.6. The van der Waals surface area contributed by atoms with Crippen molar-refractivity contribution >= 4 is 11.6 Å². The van der Waals surface area contributed by atoms with Crippen LogP contribution in [0.25, 0.3) is 0 Å². The molecule has 0 unspecified atom stereocenters. The lowest BCUT2D eigenvalue weighted by Crippen LogP contribution is -2.55. The van der Waals surface area contributed by atoms with Gasteiger partial charge in [0.1, 0.15) is 11.5 Å². The number of fused-ring (bicyclic) bond motifs is 1. The van der Waals surface area contributed by atoms with Crippen molar-refractivity contribution in [1.82, 2.24) is 0 Å². The van der Waals surface area contributed by atoms with Gasteiger partial charge in [0.05, 0.1) is 5.69 Å². The number of rotatable bonds is 8. The lowest BCUT2D eigenvalue weighted by molar-refractivity contribution is -0.136. The Labute approximate surface area is 139 Å². The number of nitrogens with zero attached hydrogens (tertiary/aromatic N) is 1. The largest absolute Gasteiger partial charge is 0.508 e. The number of ether oxygens (including phenoxy) is 1. The molecule has 1 heterocycles. The van der Waals surface area contributed by atoms with Crippen LogP contribution in [-0.2, 0) is 4.79 Å². The van der Waals surface area contributed by atoms with Crippen LogP contribution in [-0.4, -0.2) is 23.2 Å². The minimum atomic E-state index is -0.770. The van der Waals surface area contributed by atoms with Gasteiger partial charge in [-0.05, 0) is 31.4 Å². The van der Waals surface area contributed by atoms with E-state index in [1.54, 1.807) is 18.2 Å². The number of hydrogen-bond acceptors (Lipinski definition) is 3. The third-order valence-corrected chi connectivity index (χ3v) is 4.80. The predicted octanol–water partition coefficient (Wildman–Crippen LogP) is 4.65. The Morgan fingerprint density at radius 3 is 2.43 bits per heavy atom. The number of benzene rings is 1. The number of aromatic hydroxyl groups is 1. The summed E-state index contributed by atoms with van der Waals surface area (Å²) in [6, 6.07) is 5.01. The summed E-state index contributed by atoms with van der Waals surface area (Å²) in [5, 5.41) is 9.78. The molecular formula is C19H29NO3. The van der Waals surface area contributed by atoms with Gasteiger partial charge in [-0.3, -0.25) is 4.79 Å². The molecule has 1 aromatic rings. The standard InChI is InChI=1S/C19H29NO3/c1-4-7-8-9-10-13-20-16-14-15(21)11-12-17(16)23-19(5-2,6-3)18(20)22/h11-12,14,21H,4-10,13H2,1-3H3. The van der Waals surface area contributed by atoms with Crippen molar-refractivity contribution in [2.24, 2.45) is 0 Å². The normalized spacial score (nSPS) is 16.1. The van der Waals surface area contributed by atoms with E-state index in [4.69, 9.17) is 4.74 Å². The third-order valence-electron chi connectivity index (χ3n) is 4.80. The molecule has 1 N–H and O–H groups in total. The second kappa shape index (κ2) is 7.71. The zero-order valence-corrected chi connectivity index (χ0v) is 14.6. The Bertz CT molecular complexity index is 537. The van der Waals surface area contributed by atoms with E-state index in [1.165, 1.54) is 19.3 Å². The molecule has 1 amide bonds. The fourth-order valence-corrected chi connectivity index (χ4v) is 3.20. The first-order valence-corrected chi connectivity index (χ1v) is 8.92.